The Labute approximate surface area is 195 Å². The second-order valence-corrected chi connectivity index (χ2v) is 6.30. The topological polar surface area (TPSA) is 79.5 Å². The SMILES string of the molecule is COC(C)(C)C.O=CNCCN[CH-]NC(=O)c1[c-]cc(Br)cc1.[K+]. The summed E-state index contributed by atoms with van der Waals surface area (Å²) < 4.78 is 5.81. The van der Waals surface area contributed by atoms with E-state index in [1.165, 1.54) is 6.67 Å². The molecule has 130 valence electrons. The molecular weight excluding hydrogens is 401 g/mol. The van der Waals surface area contributed by atoms with E-state index in [0.29, 0.717) is 25.1 Å². The van der Waals surface area contributed by atoms with Crippen LogP contribution in [0, 0.1) is 12.7 Å². The normalized spacial score (nSPS) is 9.88. The molecule has 0 aliphatic carbocycles. The molecule has 0 bridgehead atoms. The first kappa shape index (κ1) is 26.4. The standard InChI is InChI=1S/C11H12BrN3O2.C5H12O.K/c12-10-3-1-9(2-4-10)11(17)15-7-13-5-6-14-8-16;1-5(2,3)6-4;/h1,3-4,7-8,13H,5-6H2,(H,14,16)(H,15,17);1-4H3;/q-2;;+1. The zero-order valence-electron chi connectivity index (χ0n) is 14.9. The average molecular weight is 425 g/mol. The Kier molecular flexibility index (Phi) is 17.0. The molecule has 0 aromatic heterocycles. The smallest absolute Gasteiger partial charge is 0.529 e. The van der Waals surface area contributed by atoms with Gasteiger partial charge in [-0.15, -0.1) is 40.2 Å². The second-order valence-electron chi connectivity index (χ2n) is 5.38. The van der Waals surface area contributed by atoms with E-state index in [0.717, 1.165) is 4.47 Å². The number of methoxy groups -OCH3 is 1. The summed E-state index contributed by atoms with van der Waals surface area (Å²) in [6.07, 6.45) is 0.622. The summed E-state index contributed by atoms with van der Waals surface area (Å²) in [6.45, 7) is 8.54. The van der Waals surface area contributed by atoms with Gasteiger partial charge < -0.3 is 25.5 Å². The van der Waals surface area contributed by atoms with E-state index < -0.39 is 0 Å². The number of benzene rings is 1. The summed E-state index contributed by atoms with van der Waals surface area (Å²) in [5, 5.41) is 7.88. The number of amides is 2. The van der Waals surface area contributed by atoms with Gasteiger partial charge in [0.1, 0.15) is 5.91 Å². The molecule has 1 rings (SSSR count). The predicted octanol–water partition coefficient (Wildman–Crippen LogP) is -1.13. The quantitative estimate of drug-likeness (QED) is 0.224. The van der Waals surface area contributed by atoms with Crippen LogP contribution in [0.5, 0.6) is 0 Å². The fourth-order valence-corrected chi connectivity index (χ4v) is 1.26. The molecule has 0 saturated heterocycles. The zero-order valence-corrected chi connectivity index (χ0v) is 19.6. The van der Waals surface area contributed by atoms with E-state index in [4.69, 9.17) is 4.74 Å². The molecule has 0 heterocycles. The third-order valence-corrected chi connectivity index (χ3v) is 2.93. The van der Waals surface area contributed by atoms with Gasteiger partial charge in [0, 0.05) is 13.7 Å². The monoisotopic (exact) mass is 424 g/mol. The van der Waals surface area contributed by atoms with Gasteiger partial charge in [0.15, 0.2) is 0 Å². The number of nitrogens with one attached hydrogen (secondary N) is 3. The maximum Gasteiger partial charge on any atom is 1.00 e. The largest absolute Gasteiger partial charge is 1.00 e. The van der Waals surface area contributed by atoms with Crippen molar-refractivity contribution in [2.75, 3.05) is 20.2 Å². The third kappa shape index (κ3) is 15.7. The molecule has 24 heavy (non-hydrogen) atoms. The molecule has 8 heteroatoms. The van der Waals surface area contributed by atoms with E-state index in [2.05, 4.69) is 37.9 Å². The van der Waals surface area contributed by atoms with Crippen molar-refractivity contribution in [2.45, 2.75) is 26.4 Å². The van der Waals surface area contributed by atoms with Crippen molar-refractivity contribution in [1.29, 1.82) is 0 Å². The molecule has 0 atom stereocenters. The summed E-state index contributed by atoms with van der Waals surface area (Å²) >= 11 is 3.26. The van der Waals surface area contributed by atoms with Crippen LogP contribution in [0.15, 0.2) is 22.7 Å². The molecule has 0 aliphatic heterocycles. The van der Waals surface area contributed by atoms with Gasteiger partial charge in [-0.1, -0.05) is 10.0 Å². The van der Waals surface area contributed by atoms with Crippen LogP contribution in [-0.4, -0.2) is 38.1 Å². The fraction of sp³-hybridized carbons (Fsp3) is 0.438. The molecule has 1 aromatic carbocycles. The average Bonchev–Trinajstić information content (AvgIpc) is 2.51. The van der Waals surface area contributed by atoms with Gasteiger partial charge in [0.25, 0.3) is 0 Å². The number of hydrogen-bond donors (Lipinski definition) is 3. The van der Waals surface area contributed by atoms with Gasteiger partial charge in [-0.25, -0.2) is 0 Å². The molecule has 6 nitrogen and oxygen atoms in total. The zero-order chi connectivity index (χ0) is 17.7. The van der Waals surface area contributed by atoms with E-state index in [1.807, 2.05) is 20.8 Å². The molecule has 2 amide bonds. The van der Waals surface area contributed by atoms with E-state index >= 15 is 0 Å². The Morgan fingerprint density at radius 3 is 2.46 bits per heavy atom. The van der Waals surface area contributed by atoms with Gasteiger partial charge >= 0.3 is 51.4 Å². The summed E-state index contributed by atoms with van der Waals surface area (Å²) in [5.41, 5.74) is 0.497. The molecule has 0 aliphatic rings. The van der Waals surface area contributed by atoms with Crippen molar-refractivity contribution < 1.29 is 65.7 Å². The number of halogens is 1. The Morgan fingerprint density at radius 2 is 2.00 bits per heavy atom. The van der Waals surface area contributed by atoms with Gasteiger partial charge in [0.05, 0.1) is 5.60 Å². The van der Waals surface area contributed by atoms with Crippen molar-refractivity contribution in [1.82, 2.24) is 16.0 Å². The Balaban J connectivity index is 0. The van der Waals surface area contributed by atoms with E-state index in [1.54, 1.807) is 25.3 Å². The van der Waals surface area contributed by atoms with Gasteiger partial charge in [-0.3, -0.25) is 4.79 Å². The van der Waals surface area contributed by atoms with Crippen molar-refractivity contribution in [3.8, 4) is 0 Å². The molecule has 0 fully saturated rings. The van der Waals surface area contributed by atoms with Crippen molar-refractivity contribution in [2.24, 2.45) is 0 Å². The minimum absolute atomic E-state index is 0. The van der Waals surface area contributed by atoms with Crippen LogP contribution in [0.2, 0.25) is 0 Å². The van der Waals surface area contributed by atoms with Crippen molar-refractivity contribution in [3.63, 3.8) is 0 Å². The van der Waals surface area contributed by atoms with Gasteiger partial charge in [0.2, 0.25) is 6.41 Å². The Bertz CT molecular complexity index is 465. The predicted molar refractivity (Wildman–Crippen MR) is 93.6 cm³/mol. The Morgan fingerprint density at radius 1 is 1.38 bits per heavy atom. The number of carbonyl (C=O) groups is 2. The van der Waals surface area contributed by atoms with Crippen LogP contribution in [0.4, 0.5) is 0 Å². The number of hydrogen-bond acceptors (Lipinski definition) is 4. The molecule has 3 N–H and O–H groups in total. The van der Waals surface area contributed by atoms with E-state index in [-0.39, 0.29) is 62.9 Å². The molecule has 1 aromatic rings. The van der Waals surface area contributed by atoms with Gasteiger partial charge in [-0.05, 0) is 27.3 Å². The van der Waals surface area contributed by atoms with Crippen LogP contribution in [0.3, 0.4) is 0 Å². The Hall–Kier alpha value is 0.196. The molecular formula is C16H24BrKN3O3-. The van der Waals surface area contributed by atoms with Crippen LogP contribution in [-0.2, 0) is 9.53 Å². The minimum Gasteiger partial charge on any atom is -0.529 e. The summed E-state index contributed by atoms with van der Waals surface area (Å²) in [4.78, 5) is 21.5. The van der Waals surface area contributed by atoms with Crippen molar-refractivity contribution >= 4 is 28.2 Å². The minimum atomic E-state index is -0.242. The number of carbonyl (C=O) groups excluding carboxylic acids is 2. The molecule has 0 unspecified atom stereocenters. The number of ether oxygens (including phenoxy) is 1. The first-order chi connectivity index (χ1) is 10.8. The maximum absolute atomic E-state index is 11.5. The van der Waals surface area contributed by atoms with Crippen LogP contribution >= 0.6 is 15.9 Å². The first-order valence-electron chi connectivity index (χ1n) is 7.05. The van der Waals surface area contributed by atoms with E-state index in [9.17, 15) is 9.59 Å². The van der Waals surface area contributed by atoms with Crippen LogP contribution in [0.1, 0.15) is 31.1 Å². The molecule has 0 radical (unpaired) electrons. The second kappa shape index (κ2) is 15.5. The van der Waals surface area contributed by atoms with Crippen LogP contribution in [0.25, 0.3) is 0 Å². The summed E-state index contributed by atoms with van der Waals surface area (Å²) in [7, 11) is 1.71. The molecule has 0 saturated carbocycles. The summed E-state index contributed by atoms with van der Waals surface area (Å²) in [5.74, 6) is -0.242. The first-order valence-corrected chi connectivity index (χ1v) is 7.85. The van der Waals surface area contributed by atoms with Crippen molar-refractivity contribution in [3.05, 3.63) is 41.0 Å². The molecule has 0 spiro atoms. The fourth-order valence-electron chi connectivity index (χ4n) is 1.02. The van der Waals surface area contributed by atoms with Crippen LogP contribution < -0.4 is 67.3 Å². The number of rotatable bonds is 7. The maximum atomic E-state index is 11.5. The summed E-state index contributed by atoms with van der Waals surface area (Å²) in [6, 6.07) is 7.95. The van der Waals surface area contributed by atoms with Gasteiger partial charge in [-0.2, -0.15) is 6.67 Å². The third-order valence-electron chi connectivity index (χ3n) is 2.43.